The number of rotatable bonds is 7. The minimum atomic E-state index is 0.0651. The summed E-state index contributed by atoms with van der Waals surface area (Å²) < 4.78 is 13.4. The van der Waals surface area contributed by atoms with Crippen LogP contribution >= 0.6 is 11.8 Å². The predicted octanol–water partition coefficient (Wildman–Crippen LogP) is 4.96. The highest BCUT2D eigenvalue weighted by molar-refractivity contribution is 7.99. The molecule has 33 heavy (non-hydrogen) atoms. The molecule has 168 valence electrons. The summed E-state index contributed by atoms with van der Waals surface area (Å²) in [4.78, 5) is 14.9. The Morgan fingerprint density at radius 2 is 2.12 bits per heavy atom. The average molecular weight is 461 g/mol. The molecule has 3 heterocycles. The number of fused-ring (bicyclic) bond motifs is 2. The van der Waals surface area contributed by atoms with Crippen molar-refractivity contribution >= 4 is 34.3 Å². The summed E-state index contributed by atoms with van der Waals surface area (Å²) in [7, 11) is 1.61. The van der Waals surface area contributed by atoms with Crippen LogP contribution in [0.3, 0.4) is 0 Å². The third-order valence-electron chi connectivity index (χ3n) is 5.71. The summed E-state index contributed by atoms with van der Waals surface area (Å²) >= 11 is 1.38. The molecule has 0 bridgehead atoms. The van der Waals surface area contributed by atoms with E-state index in [2.05, 4.69) is 22.8 Å². The number of allylic oxidation sites excluding steroid dienone is 1. The van der Waals surface area contributed by atoms with Gasteiger partial charge in [-0.2, -0.15) is 0 Å². The second-order valence-electron chi connectivity index (χ2n) is 7.76. The number of amides is 1. The Morgan fingerprint density at radius 1 is 1.24 bits per heavy atom. The molecule has 2 aromatic heterocycles. The average Bonchev–Trinajstić information content (AvgIpc) is 3.46. The van der Waals surface area contributed by atoms with E-state index in [1.165, 1.54) is 17.3 Å². The zero-order chi connectivity index (χ0) is 22.8. The van der Waals surface area contributed by atoms with Crippen LogP contribution in [-0.2, 0) is 17.8 Å². The zero-order valence-corrected chi connectivity index (χ0v) is 19.2. The van der Waals surface area contributed by atoms with Crippen LogP contribution in [0.25, 0.3) is 22.6 Å². The fourth-order valence-electron chi connectivity index (χ4n) is 4.18. The van der Waals surface area contributed by atoms with Crippen molar-refractivity contribution in [3.05, 3.63) is 66.7 Å². The van der Waals surface area contributed by atoms with Crippen LogP contribution < -0.4 is 9.64 Å². The molecule has 7 nitrogen and oxygen atoms in total. The second-order valence-corrected chi connectivity index (χ2v) is 8.70. The minimum absolute atomic E-state index is 0.0651. The number of aryl methyl sites for hydroxylation is 1. The molecule has 2 aromatic carbocycles. The van der Waals surface area contributed by atoms with E-state index in [4.69, 9.17) is 9.15 Å². The maximum atomic E-state index is 13.1. The number of furan rings is 1. The molecule has 0 aliphatic carbocycles. The highest BCUT2D eigenvalue weighted by Crippen LogP contribution is 2.34. The van der Waals surface area contributed by atoms with Crippen molar-refractivity contribution in [3.8, 4) is 17.3 Å². The normalized spacial score (nSPS) is 13.2. The van der Waals surface area contributed by atoms with Crippen LogP contribution in [0.1, 0.15) is 12.0 Å². The van der Waals surface area contributed by atoms with E-state index in [0.29, 0.717) is 34.6 Å². The van der Waals surface area contributed by atoms with Crippen molar-refractivity contribution in [1.82, 2.24) is 14.8 Å². The lowest BCUT2D eigenvalue weighted by Crippen LogP contribution is -2.36. The number of carbonyl (C=O) groups is 1. The van der Waals surface area contributed by atoms with Crippen molar-refractivity contribution in [2.75, 3.05) is 24.3 Å². The van der Waals surface area contributed by atoms with Crippen molar-refractivity contribution in [2.24, 2.45) is 0 Å². The van der Waals surface area contributed by atoms with Crippen molar-refractivity contribution in [2.45, 2.75) is 24.5 Å². The van der Waals surface area contributed by atoms with Gasteiger partial charge in [0.25, 0.3) is 0 Å². The number of methoxy groups -OCH3 is 1. The quantitative estimate of drug-likeness (QED) is 0.287. The first kappa shape index (κ1) is 21.3. The standard InChI is InChI=1S/C25H24N4O3S/c1-3-13-29-24(21-15-18-9-6-12-20(31-2)23(18)32-21)26-27-25(29)33-16-22(30)28-14-7-10-17-8-4-5-11-19(17)28/h3-6,8-9,11-12,15H,1,7,10,13-14,16H2,2H3. The first-order chi connectivity index (χ1) is 16.2. The van der Waals surface area contributed by atoms with Crippen LogP contribution in [0.4, 0.5) is 5.69 Å². The maximum Gasteiger partial charge on any atom is 0.237 e. The topological polar surface area (TPSA) is 73.4 Å². The molecular weight excluding hydrogens is 436 g/mol. The Balaban J connectivity index is 1.39. The van der Waals surface area contributed by atoms with E-state index in [1.54, 1.807) is 13.2 Å². The molecule has 0 spiro atoms. The summed E-state index contributed by atoms with van der Waals surface area (Å²) in [6, 6.07) is 15.8. The van der Waals surface area contributed by atoms with Crippen LogP contribution in [0.5, 0.6) is 5.75 Å². The Kier molecular flexibility index (Phi) is 5.92. The number of benzene rings is 2. The summed E-state index contributed by atoms with van der Waals surface area (Å²) in [6.07, 6.45) is 3.76. The fraction of sp³-hybridized carbons (Fsp3) is 0.240. The number of anilines is 1. The fourth-order valence-corrected chi connectivity index (χ4v) is 5.00. The predicted molar refractivity (Wildman–Crippen MR) is 130 cm³/mol. The third kappa shape index (κ3) is 4.02. The van der Waals surface area contributed by atoms with Crippen LogP contribution in [0.2, 0.25) is 0 Å². The number of hydrogen-bond donors (Lipinski definition) is 0. The molecule has 1 aliphatic heterocycles. The van der Waals surface area contributed by atoms with Gasteiger partial charge in [-0.25, -0.2) is 0 Å². The lowest BCUT2D eigenvalue weighted by Gasteiger charge is -2.29. The molecule has 0 N–H and O–H groups in total. The molecule has 5 rings (SSSR count). The zero-order valence-electron chi connectivity index (χ0n) is 18.4. The van der Waals surface area contributed by atoms with E-state index < -0.39 is 0 Å². The number of hydrogen-bond acceptors (Lipinski definition) is 6. The van der Waals surface area contributed by atoms with Crippen LogP contribution in [0.15, 0.2) is 70.8 Å². The molecule has 0 radical (unpaired) electrons. The molecular formula is C25H24N4O3S. The first-order valence-corrected chi connectivity index (χ1v) is 11.8. The second kappa shape index (κ2) is 9.15. The molecule has 0 saturated heterocycles. The van der Waals surface area contributed by atoms with Crippen molar-refractivity contribution in [1.29, 1.82) is 0 Å². The molecule has 0 unspecified atom stereocenters. The number of aromatic nitrogens is 3. The highest BCUT2D eigenvalue weighted by Gasteiger charge is 2.24. The van der Waals surface area contributed by atoms with Crippen LogP contribution in [-0.4, -0.2) is 40.1 Å². The van der Waals surface area contributed by atoms with Gasteiger partial charge in [-0.05, 0) is 36.6 Å². The number of ether oxygens (including phenoxy) is 1. The van der Waals surface area contributed by atoms with Crippen molar-refractivity contribution in [3.63, 3.8) is 0 Å². The van der Waals surface area contributed by atoms with Gasteiger partial charge < -0.3 is 14.1 Å². The van der Waals surface area contributed by atoms with Crippen molar-refractivity contribution < 1.29 is 13.9 Å². The minimum Gasteiger partial charge on any atom is -0.493 e. The lowest BCUT2D eigenvalue weighted by molar-refractivity contribution is -0.116. The maximum absolute atomic E-state index is 13.1. The highest BCUT2D eigenvalue weighted by atomic mass is 32.2. The molecule has 1 amide bonds. The van der Waals surface area contributed by atoms with Gasteiger partial charge in [0.05, 0.1) is 12.9 Å². The lowest BCUT2D eigenvalue weighted by atomic mass is 10.0. The monoisotopic (exact) mass is 460 g/mol. The number of para-hydroxylation sites is 2. The molecule has 1 aliphatic rings. The molecule has 0 atom stereocenters. The van der Waals surface area contributed by atoms with Gasteiger partial charge in [0, 0.05) is 24.2 Å². The van der Waals surface area contributed by atoms with E-state index >= 15 is 0 Å². The van der Waals surface area contributed by atoms with Gasteiger partial charge in [0.2, 0.25) is 11.7 Å². The molecule has 0 fully saturated rings. The van der Waals surface area contributed by atoms with Gasteiger partial charge in [-0.3, -0.25) is 9.36 Å². The van der Waals surface area contributed by atoms with Crippen LogP contribution in [0, 0.1) is 0 Å². The van der Waals surface area contributed by atoms with Gasteiger partial charge in [-0.15, -0.1) is 16.8 Å². The molecule has 4 aromatic rings. The third-order valence-corrected chi connectivity index (χ3v) is 6.66. The van der Waals surface area contributed by atoms with Gasteiger partial charge in [-0.1, -0.05) is 48.2 Å². The van der Waals surface area contributed by atoms with Gasteiger partial charge in [0.15, 0.2) is 22.2 Å². The van der Waals surface area contributed by atoms with Gasteiger partial charge >= 0.3 is 0 Å². The largest absolute Gasteiger partial charge is 0.493 e. The van der Waals surface area contributed by atoms with E-state index in [-0.39, 0.29) is 11.7 Å². The number of nitrogens with zero attached hydrogens (tertiary/aromatic N) is 4. The Morgan fingerprint density at radius 3 is 2.97 bits per heavy atom. The Hall–Kier alpha value is -3.52. The van der Waals surface area contributed by atoms with Gasteiger partial charge in [0.1, 0.15) is 0 Å². The van der Waals surface area contributed by atoms with E-state index in [0.717, 1.165) is 30.5 Å². The number of thioether (sulfide) groups is 1. The smallest absolute Gasteiger partial charge is 0.237 e. The molecule has 8 heteroatoms. The SMILES string of the molecule is C=CCn1c(SCC(=O)N2CCCc3ccccc32)nnc1-c1cc2cccc(OC)c2o1. The summed E-state index contributed by atoms with van der Waals surface area (Å²) in [6.45, 7) is 5.10. The Bertz CT molecular complexity index is 1330. The molecule has 0 saturated carbocycles. The van der Waals surface area contributed by atoms with E-state index in [9.17, 15) is 4.79 Å². The Labute approximate surface area is 196 Å². The summed E-state index contributed by atoms with van der Waals surface area (Å²) in [5.74, 6) is 2.18. The number of carbonyl (C=O) groups excluding carboxylic acids is 1. The summed E-state index contributed by atoms with van der Waals surface area (Å²) in [5, 5.41) is 10.3. The first-order valence-electron chi connectivity index (χ1n) is 10.8. The summed E-state index contributed by atoms with van der Waals surface area (Å²) in [5.41, 5.74) is 2.90. The van der Waals surface area contributed by atoms with E-state index in [1.807, 2.05) is 51.9 Å².